The van der Waals surface area contributed by atoms with Crippen molar-refractivity contribution in [2.75, 3.05) is 11.1 Å². The third-order valence-corrected chi connectivity index (χ3v) is 3.10. The largest absolute Gasteiger partial charge is 0.416 e. The van der Waals surface area contributed by atoms with E-state index in [1.165, 1.54) is 12.1 Å². The highest BCUT2D eigenvalue weighted by Gasteiger charge is 2.32. The molecule has 0 amide bonds. The molecule has 2 aromatic carbocycles. The van der Waals surface area contributed by atoms with Crippen LogP contribution in [0.25, 0.3) is 0 Å². The normalized spacial score (nSPS) is 11.4. The van der Waals surface area contributed by atoms with Gasteiger partial charge in [-0.15, -0.1) is 0 Å². The summed E-state index contributed by atoms with van der Waals surface area (Å²) in [4.78, 5) is 0. The lowest BCUT2D eigenvalue weighted by atomic mass is 10.1. The van der Waals surface area contributed by atoms with Gasteiger partial charge in [0.25, 0.3) is 0 Å². The summed E-state index contributed by atoms with van der Waals surface area (Å²) >= 11 is 5.96. The summed E-state index contributed by atoms with van der Waals surface area (Å²) in [6.45, 7) is 0.0271. The smallest absolute Gasteiger partial charge is 0.399 e. The van der Waals surface area contributed by atoms with E-state index in [9.17, 15) is 13.2 Å². The van der Waals surface area contributed by atoms with Crippen LogP contribution in [-0.4, -0.2) is 0 Å². The molecule has 0 spiro atoms. The molecule has 0 heterocycles. The highest BCUT2D eigenvalue weighted by molar-refractivity contribution is 6.33. The first-order valence-electron chi connectivity index (χ1n) is 5.82. The van der Waals surface area contributed by atoms with Gasteiger partial charge in [-0.3, -0.25) is 0 Å². The molecule has 0 radical (unpaired) electrons. The Bertz CT molecular complexity index is 612. The van der Waals surface area contributed by atoms with Gasteiger partial charge in [0.2, 0.25) is 0 Å². The minimum atomic E-state index is -4.37. The molecule has 0 bridgehead atoms. The van der Waals surface area contributed by atoms with Crippen LogP contribution in [0.3, 0.4) is 0 Å². The van der Waals surface area contributed by atoms with Crippen LogP contribution < -0.4 is 11.1 Å². The maximum atomic E-state index is 12.8. The summed E-state index contributed by atoms with van der Waals surface area (Å²) in [5.41, 5.74) is 6.10. The van der Waals surface area contributed by atoms with Crippen molar-refractivity contribution >= 4 is 23.0 Å². The standard InChI is InChI=1S/C14H12ClF3N2/c15-12-7-10(19)5-6-13(12)20-8-9-3-1-2-4-11(9)14(16,17)18/h1-7,20H,8,19H2. The molecular formula is C14H12ClF3N2. The Labute approximate surface area is 119 Å². The van der Waals surface area contributed by atoms with Crippen LogP contribution in [0.5, 0.6) is 0 Å². The second-order valence-corrected chi connectivity index (χ2v) is 4.65. The highest BCUT2D eigenvalue weighted by Crippen LogP contribution is 2.32. The lowest BCUT2D eigenvalue weighted by molar-refractivity contribution is -0.138. The molecule has 0 aliphatic carbocycles. The van der Waals surface area contributed by atoms with Crippen molar-refractivity contribution in [1.29, 1.82) is 0 Å². The van der Waals surface area contributed by atoms with Crippen LogP contribution >= 0.6 is 11.6 Å². The molecular weight excluding hydrogens is 289 g/mol. The van der Waals surface area contributed by atoms with Crippen molar-refractivity contribution in [1.82, 2.24) is 0 Å². The van der Waals surface area contributed by atoms with Gasteiger partial charge in [-0.05, 0) is 29.8 Å². The van der Waals surface area contributed by atoms with Gasteiger partial charge in [-0.1, -0.05) is 29.8 Å². The molecule has 106 valence electrons. The maximum Gasteiger partial charge on any atom is 0.416 e. The Hall–Kier alpha value is -1.88. The van der Waals surface area contributed by atoms with E-state index in [0.717, 1.165) is 6.07 Å². The van der Waals surface area contributed by atoms with Gasteiger partial charge in [0.15, 0.2) is 0 Å². The highest BCUT2D eigenvalue weighted by atomic mass is 35.5. The van der Waals surface area contributed by atoms with Gasteiger partial charge in [0, 0.05) is 12.2 Å². The summed E-state index contributed by atoms with van der Waals surface area (Å²) in [5.74, 6) is 0. The van der Waals surface area contributed by atoms with E-state index in [1.54, 1.807) is 24.3 Å². The number of nitrogens with two attached hydrogens (primary N) is 1. The van der Waals surface area contributed by atoms with E-state index >= 15 is 0 Å². The summed E-state index contributed by atoms with van der Waals surface area (Å²) in [7, 11) is 0. The average Bonchev–Trinajstić information content (AvgIpc) is 2.37. The van der Waals surface area contributed by atoms with Crippen LogP contribution in [0.1, 0.15) is 11.1 Å². The van der Waals surface area contributed by atoms with E-state index in [1.807, 2.05) is 0 Å². The summed E-state index contributed by atoms with van der Waals surface area (Å²) < 4.78 is 38.5. The summed E-state index contributed by atoms with van der Waals surface area (Å²) in [6.07, 6.45) is -4.37. The number of nitrogen functional groups attached to an aromatic ring is 1. The molecule has 20 heavy (non-hydrogen) atoms. The Morgan fingerprint density at radius 3 is 2.45 bits per heavy atom. The third-order valence-electron chi connectivity index (χ3n) is 2.79. The predicted octanol–water partition coefficient (Wildman–Crippen LogP) is 4.55. The second kappa shape index (κ2) is 5.63. The number of alkyl halides is 3. The van der Waals surface area contributed by atoms with Crippen LogP contribution in [0, 0.1) is 0 Å². The first-order chi connectivity index (χ1) is 9.38. The lowest BCUT2D eigenvalue weighted by Gasteiger charge is -2.14. The molecule has 2 nitrogen and oxygen atoms in total. The van der Waals surface area contributed by atoms with Crippen molar-refractivity contribution < 1.29 is 13.2 Å². The number of benzene rings is 2. The Balaban J connectivity index is 2.19. The summed E-state index contributed by atoms with van der Waals surface area (Å²) in [6, 6.07) is 10.2. The van der Waals surface area contributed by atoms with E-state index in [-0.39, 0.29) is 12.1 Å². The van der Waals surface area contributed by atoms with Crippen molar-refractivity contribution in [3.8, 4) is 0 Å². The molecule has 0 aromatic heterocycles. The minimum Gasteiger partial charge on any atom is -0.399 e. The molecule has 2 aromatic rings. The van der Waals surface area contributed by atoms with E-state index in [2.05, 4.69) is 5.32 Å². The Morgan fingerprint density at radius 1 is 1.10 bits per heavy atom. The van der Waals surface area contributed by atoms with Crippen molar-refractivity contribution in [2.45, 2.75) is 12.7 Å². The Kier molecular flexibility index (Phi) is 4.09. The van der Waals surface area contributed by atoms with E-state index < -0.39 is 11.7 Å². The van der Waals surface area contributed by atoms with Gasteiger partial charge >= 0.3 is 6.18 Å². The topological polar surface area (TPSA) is 38.0 Å². The number of rotatable bonds is 3. The number of nitrogens with one attached hydrogen (secondary N) is 1. The summed E-state index contributed by atoms with van der Waals surface area (Å²) in [5, 5.41) is 3.25. The van der Waals surface area contributed by atoms with Crippen LogP contribution in [0.4, 0.5) is 24.5 Å². The van der Waals surface area contributed by atoms with Gasteiger partial charge in [-0.2, -0.15) is 13.2 Å². The number of hydrogen-bond acceptors (Lipinski definition) is 2. The fraction of sp³-hybridized carbons (Fsp3) is 0.143. The van der Waals surface area contributed by atoms with Crippen molar-refractivity contribution in [3.63, 3.8) is 0 Å². The van der Waals surface area contributed by atoms with E-state index in [4.69, 9.17) is 17.3 Å². The van der Waals surface area contributed by atoms with Crippen LogP contribution in [0.15, 0.2) is 42.5 Å². The van der Waals surface area contributed by atoms with Crippen molar-refractivity contribution in [3.05, 3.63) is 58.6 Å². The van der Waals surface area contributed by atoms with Crippen molar-refractivity contribution in [2.24, 2.45) is 0 Å². The van der Waals surface area contributed by atoms with Crippen LogP contribution in [0.2, 0.25) is 5.02 Å². The number of halogens is 4. The molecule has 0 saturated carbocycles. The fourth-order valence-corrected chi connectivity index (χ4v) is 2.07. The second-order valence-electron chi connectivity index (χ2n) is 4.25. The monoisotopic (exact) mass is 300 g/mol. The zero-order chi connectivity index (χ0) is 14.8. The molecule has 3 N–H and O–H groups in total. The minimum absolute atomic E-state index is 0.0271. The van der Waals surface area contributed by atoms with E-state index in [0.29, 0.717) is 16.4 Å². The first kappa shape index (κ1) is 14.5. The zero-order valence-corrected chi connectivity index (χ0v) is 11.1. The average molecular weight is 301 g/mol. The van der Waals surface area contributed by atoms with Gasteiger partial charge in [-0.25, -0.2) is 0 Å². The molecule has 6 heteroatoms. The molecule has 0 atom stereocenters. The maximum absolute atomic E-state index is 12.8. The molecule has 0 saturated heterocycles. The quantitative estimate of drug-likeness (QED) is 0.816. The first-order valence-corrected chi connectivity index (χ1v) is 6.20. The zero-order valence-electron chi connectivity index (χ0n) is 10.3. The lowest BCUT2D eigenvalue weighted by Crippen LogP contribution is -2.11. The molecule has 0 unspecified atom stereocenters. The Morgan fingerprint density at radius 2 is 1.80 bits per heavy atom. The third kappa shape index (κ3) is 3.36. The molecule has 0 aliphatic heterocycles. The van der Waals surface area contributed by atoms with Crippen LogP contribution in [-0.2, 0) is 12.7 Å². The molecule has 0 fully saturated rings. The fourth-order valence-electron chi connectivity index (χ4n) is 1.82. The molecule has 2 rings (SSSR count). The van der Waals surface area contributed by atoms with Gasteiger partial charge < -0.3 is 11.1 Å². The SMILES string of the molecule is Nc1ccc(NCc2ccccc2C(F)(F)F)c(Cl)c1. The predicted molar refractivity (Wildman–Crippen MR) is 74.6 cm³/mol. The van der Waals surface area contributed by atoms with Gasteiger partial charge in [0.1, 0.15) is 0 Å². The molecule has 0 aliphatic rings. The van der Waals surface area contributed by atoms with Gasteiger partial charge in [0.05, 0.1) is 16.3 Å². The number of anilines is 2. The number of hydrogen-bond donors (Lipinski definition) is 2.